The van der Waals surface area contributed by atoms with Crippen LogP contribution >= 0.6 is 0 Å². The number of nitrogens with zero attached hydrogens (tertiary/aromatic N) is 6. The smallest absolute Gasteiger partial charge is 0.366 e. The van der Waals surface area contributed by atoms with Crippen LogP contribution in [0, 0.1) is 0 Å². The first-order chi connectivity index (χ1) is 13.9. The Morgan fingerprint density at radius 1 is 1.03 bits per heavy atom. The fourth-order valence-corrected chi connectivity index (χ4v) is 2.26. The fraction of sp³-hybridized carbons (Fsp3) is 0.125. The van der Waals surface area contributed by atoms with Crippen molar-refractivity contribution < 1.29 is 31.1 Å². The molecule has 0 radical (unpaired) electrons. The highest BCUT2D eigenvalue weighted by Crippen LogP contribution is 2.36. The summed E-state index contributed by atoms with van der Waals surface area (Å²) in [5, 5.41) is 3.76. The SMILES string of the molecule is NC(=O)/C(=C/n1cnc(-c2cc(C(F)(F)F)cc(C(F)(F)F)n2)n1)c1cncnc1. The van der Waals surface area contributed by atoms with Gasteiger partial charge in [0.2, 0.25) is 0 Å². The van der Waals surface area contributed by atoms with Crippen LogP contribution in [0.2, 0.25) is 0 Å². The predicted octanol–water partition coefficient (Wildman–Crippen LogP) is 2.65. The molecule has 0 aromatic carbocycles. The highest BCUT2D eigenvalue weighted by molar-refractivity contribution is 6.22. The average molecular weight is 429 g/mol. The summed E-state index contributed by atoms with van der Waals surface area (Å²) in [5.41, 5.74) is 1.29. The Labute approximate surface area is 163 Å². The van der Waals surface area contributed by atoms with E-state index in [1.54, 1.807) is 0 Å². The second-order valence-electron chi connectivity index (χ2n) is 5.70. The minimum atomic E-state index is -5.12. The fourth-order valence-electron chi connectivity index (χ4n) is 2.26. The van der Waals surface area contributed by atoms with Crippen molar-refractivity contribution in [2.45, 2.75) is 12.4 Å². The quantitative estimate of drug-likeness (QED) is 0.504. The van der Waals surface area contributed by atoms with Crippen molar-refractivity contribution in [2.24, 2.45) is 5.73 Å². The van der Waals surface area contributed by atoms with Gasteiger partial charge in [-0.2, -0.15) is 26.3 Å². The summed E-state index contributed by atoms with van der Waals surface area (Å²) >= 11 is 0. The molecule has 0 atom stereocenters. The molecule has 156 valence electrons. The van der Waals surface area contributed by atoms with Gasteiger partial charge in [-0.3, -0.25) is 4.79 Å². The molecule has 0 spiro atoms. The van der Waals surface area contributed by atoms with Crippen molar-refractivity contribution in [2.75, 3.05) is 0 Å². The van der Waals surface area contributed by atoms with Crippen molar-refractivity contribution in [3.05, 3.63) is 54.0 Å². The number of carbonyl (C=O) groups excluding carboxylic acids is 1. The Hall–Kier alpha value is -3.84. The van der Waals surface area contributed by atoms with E-state index < -0.39 is 41.0 Å². The number of alkyl halides is 6. The van der Waals surface area contributed by atoms with Gasteiger partial charge in [-0.25, -0.2) is 24.6 Å². The van der Waals surface area contributed by atoms with Crippen LogP contribution in [0.4, 0.5) is 26.3 Å². The molecule has 2 N–H and O–H groups in total. The first-order valence-electron chi connectivity index (χ1n) is 7.80. The van der Waals surface area contributed by atoms with E-state index in [-0.39, 0.29) is 17.2 Å². The number of halogens is 6. The summed E-state index contributed by atoms with van der Waals surface area (Å²) in [4.78, 5) is 25.9. The van der Waals surface area contributed by atoms with Gasteiger partial charge in [0.05, 0.1) is 11.1 Å². The van der Waals surface area contributed by atoms with Crippen molar-refractivity contribution in [1.29, 1.82) is 0 Å². The van der Waals surface area contributed by atoms with Crippen LogP contribution in [0.1, 0.15) is 16.8 Å². The lowest BCUT2D eigenvalue weighted by molar-refractivity contribution is -0.145. The van der Waals surface area contributed by atoms with Crippen LogP contribution in [0.25, 0.3) is 23.3 Å². The van der Waals surface area contributed by atoms with Crippen LogP contribution in [-0.4, -0.2) is 35.6 Å². The third-order valence-electron chi connectivity index (χ3n) is 3.58. The Bertz CT molecular complexity index is 1070. The first kappa shape index (κ1) is 20.9. The number of rotatable bonds is 4. The van der Waals surface area contributed by atoms with Crippen LogP contribution < -0.4 is 5.73 Å². The maximum absolute atomic E-state index is 13.0. The molecule has 3 aromatic heterocycles. The molecule has 30 heavy (non-hydrogen) atoms. The molecule has 0 unspecified atom stereocenters. The summed E-state index contributed by atoms with van der Waals surface area (Å²) in [6.45, 7) is 0. The number of amides is 1. The third-order valence-corrected chi connectivity index (χ3v) is 3.58. The van der Waals surface area contributed by atoms with E-state index in [4.69, 9.17) is 5.73 Å². The van der Waals surface area contributed by atoms with E-state index in [0.29, 0.717) is 6.07 Å². The van der Waals surface area contributed by atoms with Crippen molar-refractivity contribution in [1.82, 2.24) is 29.7 Å². The van der Waals surface area contributed by atoms with Crippen molar-refractivity contribution >= 4 is 17.7 Å². The van der Waals surface area contributed by atoms with Gasteiger partial charge in [0.25, 0.3) is 5.91 Å². The molecular formula is C16H9F6N7O. The van der Waals surface area contributed by atoms with Gasteiger partial charge >= 0.3 is 12.4 Å². The van der Waals surface area contributed by atoms with Crippen LogP contribution in [0.15, 0.2) is 37.2 Å². The van der Waals surface area contributed by atoms with E-state index in [2.05, 4.69) is 25.0 Å². The van der Waals surface area contributed by atoms with Gasteiger partial charge in [0.15, 0.2) is 5.82 Å². The van der Waals surface area contributed by atoms with Gasteiger partial charge in [0.1, 0.15) is 24.0 Å². The standard InChI is InChI=1S/C16H9F6N7O/c17-15(18,19)9-1-11(27-12(2-9)16(20,21)22)14-26-7-29(28-14)5-10(13(23)30)8-3-24-6-25-4-8/h1-7H,(H2,23,30)/b10-5+. The Morgan fingerprint density at radius 3 is 2.27 bits per heavy atom. The van der Waals surface area contributed by atoms with E-state index in [1.807, 2.05) is 0 Å². The Balaban J connectivity index is 2.06. The van der Waals surface area contributed by atoms with Crippen LogP contribution in [-0.2, 0) is 17.1 Å². The maximum Gasteiger partial charge on any atom is 0.433 e. The minimum absolute atomic E-state index is 0.110. The van der Waals surface area contributed by atoms with Gasteiger partial charge < -0.3 is 5.73 Å². The largest absolute Gasteiger partial charge is 0.433 e. The normalized spacial score (nSPS) is 12.8. The van der Waals surface area contributed by atoms with Crippen molar-refractivity contribution in [3.63, 3.8) is 0 Å². The average Bonchev–Trinajstić information content (AvgIpc) is 3.13. The zero-order valence-electron chi connectivity index (χ0n) is 14.5. The highest BCUT2D eigenvalue weighted by atomic mass is 19.4. The summed E-state index contributed by atoms with van der Waals surface area (Å²) in [6.07, 6.45) is -4.41. The summed E-state index contributed by atoms with van der Waals surface area (Å²) in [5.74, 6) is -1.44. The molecule has 1 amide bonds. The molecule has 0 fully saturated rings. The first-order valence-corrected chi connectivity index (χ1v) is 7.80. The Kier molecular flexibility index (Phi) is 5.24. The maximum atomic E-state index is 13.0. The van der Waals surface area contributed by atoms with E-state index >= 15 is 0 Å². The lowest BCUT2D eigenvalue weighted by Crippen LogP contribution is -2.14. The molecule has 0 aliphatic heterocycles. The second-order valence-corrected chi connectivity index (χ2v) is 5.70. The zero-order chi connectivity index (χ0) is 22.1. The third kappa shape index (κ3) is 4.59. The van der Waals surface area contributed by atoms with Gasteiger partial charge in [-0.15, -0.1) is 5.10 Å². The molecule has 0 saturated carbocycles. The highest BCUT2D eigenvalue weighted by Gasteiger charge is 2.38. The lowest BCUT2D eigenvalue weighted by Gasteiger charge is -2.12. The van der Waals surface area contributed by atoms with Gasteiger partial charge in [-0.05, 0) is 12.1 Å². The summed E-state index contributed by atoms with van der Waals surface area (Å²) in [6, 6.07) is 0.277. The molecule has 14 heteroatoms. The second kappa shape index (κ2) is 7.53. The van der Waals surface area contributed by atoms with Crippen LogP contribution in [0.3, 0.4) is 0 Å². The molecule has 0 aliphatic carbocycles. The number of pyridine rings is 1. The molecule has 0 aliphatic rings. The molecule has 0 saturated heterocycles. The number of hydrogen-bond donors (Lipinski definition) is 1. The van der Waals surface area contributed by atoms with Gasteiger partial charge in [-0.1, -0.05) is 0 Å². The van der Waals surface area contributed by atoms with Crippen LogP contribution in [0.5, 0.6) is 0 Å². The topological polar surface area (TPSA) is 112 Å². The summed E-state index contributed by atoms with van der Waals surface area (Å²) in [7, 11) is 0. The molecule has 8 nitrogen and oxygen atoms in total. The molecule has 3 aromatic rings. The minimum Gasteiger partial charge on any atom is -0.366 e. The molecule has 0 bridgehead atoms. The number of aromatic nitrogens is 6. The zero-order valence-corrected chi connectivity index (χ0v) is 14.5. The number of carbonyl (C=O) groups is 1. The molecular weight excluding hydrogens is 420 g/mol. The molecule has 3 rings (SSSR count). The van der Waals surface area contributed by atoms with E-state index in [0.717, 1.165) is 17.2 Å². The number of hydrogen-bond acceptors (Lipinski definition) is 6. The van der Waals surface area contributed by atoms with E-state index in [1.165, 1.54) is 18.7 Å². The Morgan fingerprint density at radius 2 is 1.70 bits per heavy atom. The molecule has 3 heterocycles. The number of primary amides is 1. The van der Waals surface area contributed by atoms with E-state index in [9.17, 15) is 31.1 Å². The summed E-state index contributed by atoms with van der Waals surface area (Å²) < 4.78 is 78.7. The predicted molar refractivity (Wildman–Crippen MR) is 88.7 cm³/mol. The van der Waals surface area contributed by atoms with Crippen molar-refractivity contribution in [3.8, 4) is 11.5 Å². The van der Waals surface area contributed by atoms with Gasteiger partial charge in [0, 0.05) is 24.2 Å². The lowest BCUT2D eigenvalue weighted by atomic mass is 10.1. The number of nitrogens with two attached hydrogens (primary N) is 1. The monoisotopic (exact) mass is 429 g/mol.